The maximum absolute atomic E-state index is 14.1. The number of fused-ring (bicyclic) bond motifs is 1. The number of hydrogen-bond acceptors (Lipinski definition) is 1. The normalized spacial score (nSPS) is 18.0. The van der Waals surface area contributed by atoms with Crippen molar-refractivity contribution in [2.24, 2.45) is 0 Å². The Hall–Kier alpha value is -1.74. The second-order valence-corrected chi connectivity index (χ2v) is 5.61. The van der Waals surface area contributed by atoms with Gasteiger partial charge in [0.25, 0.3) is 0 Å². The van der Waals surface area contributed by atoms with Crippen LogP contribution in [-0.4, -0.2) is 6.54 Å². The lowest BCUT2D eigenvalue weighted by Gasteiger charge is -2.37. The number of benzene rings is 2. The van der Waals surface area contributed by atoms with Crippen molar-refractivity contribution in [2.45, 2.75) is 31.7 Å². The molecule has 110 valence electrons. The minimum absolute atomic E-state index is 0.0968. The molecule has 0 fully saturated rings. The van der Waals surface area contributed by atoms with Crippen molar-refractivity contribution in [2.75, 3.05) is 6.54 Å². The van der Waals surface area contributed by atoms with Gasteiger partial charge >= 0.3 is 0 Å². The van der Waals surface area contributed by atoms with Crippen LogP contribution < -0.4 is 5.32 Å². The summed E-state index contributed by atoms with van der Waals surface area (Å²) in [4.78, 5) is 0. The van der Waals surface area contributed by atoms with Crippen molar-refractivity contribution >= 4 is 0 Å². The monoisotopic (exact) mass is 287 g/mol. The molecular weight excluding hydrogens is 268 g/mol. The molecule has 0 saturated carbocycles. The molecule has 0 aromatic heterocycles. The van der Waals surface area contributed by atoms with E-state index in [4.69, 9.17) is 0 Å². The quantitative estimate of drug-likeness (QED) is 0.862. The molecule has 1 nitrogen and oxygen atoms in total. The molecule has 0 radical (unpaired) electrons. The second-order valence-electron chi connectivity index (χ2n) is 5.61. The fourth-order valence-corrected chi connectivity index (χ4v) is 3.12. The van der Waals surface area contributed by atoms with Crippen LogP contribution in [-0.2, 0) is 6.42 Å². The number of hydrogen-bond donors (Lipinski definition) is 1. The molecule has 0 aliphatic heterocycles. The molecule has 1 N–H and O–H groups in total. The molecule has 1 aliphatic rings. The van der Waals surface area contributed by atoms with Crippen LogP contribution in [0.5, 0.6) is 0 Å². The van der Waals surface area contributed by atoms with Crippen molar-refractivity contribution in [1.82, 2.24) is 5.32 Å². The first-order valence-corrected chi connectivity index (χ1v) is 7.47. The summed E-state index contributed by atoms with van der Waals surface area (Å²) in [6.07, 6.45) is 1.92. The Kier molecular flexibility index (Phi) is 4.02. The molecule has 2 aromatic carbocycles. The minimum atomic E-state index is -0.528. The summed E-state index contributed by atoms with van der Waals surface area (Å²) in [6.45, 7) is 2.90. The third kappa shape index (κ3) is 2.70. The van der Waals surface area contributed by atoms with E-state index in [9.17, 15) is 8.78 Å². The Labute approximate surface area is 124 Å². The zero-order chi connectivity index (χ0) is 14.8. The summed E-state index contributed by atoms with van der Waals surface area (Å²) in [5.74, 6) is -0.736. The summed E-state index contributed by atoms with van der Waals surface area (Å²) in [5, 5.41) is 3.43. The third-order valence-corrected chi connectivity index (χ3v) is 4.21. The lowest BCUT2D eigenvalue weighted by molar-refractivity contribution is 0.396. The highest BCUT2D eigenvalue weighted by Gasteiger charge is 2.34. The minimum Gasteiger partial charge on any atom is -0.309 e. The van der Waals surface area contributed by atoms with Gasteiger partial charge in [-0.3, -0.25) is 0 Å². The van der Waals surface area contributed by atoms with Gasteiger partial charge in [-0.25, -0.2) is 8.78 Å². The van der Waals surface area contributed by atoms with E-state index in [1.165, 1.54) is 17.2 Å². The number of nitrogens with one attached hydrogen (secondary N) is 1. The van der Waals surface area contributed by atoms with E-state index in [-0.39, 0.29) is 12.0 Å². The molecule has 0 saturated heterocycles. The van der Waals surface area contributed by atoms with E-state index < -0.39 is 11.6 Å². The molecule has 3 rings (SSSR count). The molecule has 2 unspecified atom stereocenters. The highest BCUT2D eigenvalue weighted by atomic mass is 19.1. The van der Waals surface area contributed by atoms with Crippen molar-refractivity contribution in [3.05, 3.63) is 70.8 Å². The SMILES string of the molecule is CCCNC(c1ccc(F)cc1F)C1Cc2ccccc21. The molecular formula is C18H19F2N. The van der Waals surface area contributed by atoms with Gasteiger partial charge in [0.15, 0.2) is 0 Å². The van der Waals surface area contributed by atoms with Gasteiger partial charge in [-0.05, 0) is 36.6 Å². The first-order valence-electron chi connectivity index (χ1n) is 7.47. The van der Waals surface area contributed by atoms with Gasteiger partial charge in [0.2, 0.25) is 0 Å². The molecule has 2 atom stereocenters. The van der Waals surface area contributed by atoms with Gasteiger partial charge in [0, 0.05) is 23.6 Å². The number of rotatable bonds is 5. The fourth-order valence-electron chi connectivity index (χ4n) is 3.12. The third-order valence-electron chi connectivity index (χ3n) is 4.21. The molecule has 0 spiro atoms. The van der Waals surface area contributed by atoms with Crippen LogP contribution in [0.4, 0.5) is 8.78 Å². The average Bonchev–Trinajstić information content (AvgIpc) is 2.44. The van der Waals surface area contributed by atoms with Crippen molar-refractivity contribution in [1.29, 1.82) is 0 Å². The number of halogens is 2. The average molecular weight is 287 g/mol. The Morgan fingerprint density at radius 2 is 2.00 bits per heavy atom. The van der Waals surface area contributed by atoms with Crippen LogP contribution in [0.25, 0.3) is 0 Å². The van der Waals surface area contributed by atoms with E-state index in [0.29, 0.717) is 5.56 Å². The van der Waals surface area contributed by atoms with Crippen molar-refractivity contribution < 1.29 is 8.78 Å². The van der Waals surface area contributed by atoms with Gasteiger partial charge in [-0.2, -0.15) is 0 Å². The molecule has 21 heavy (non-hydrogen) atoms. The molecule has 0 heterocycles. The maximum Gasteiger partial charge on any atom is 0.130 e. The van der Waals surface area contributed by atoms with E-state index >= 15 is 0 Å². The predicted octanol–water partition coefficient (Wildman–Crippen LogP) is 4.35. The first-order chi connectivity index (χ1) is 10.2. The molecule has 3 heteroatoms. The summed E-state index contributed by atoms with van der Waals surface area (Å²) in [7, 11) is 0. The van der Waals surface area contributed by atoms with Crippen LogP contribution in [0, 0.1) is 11.6 Å². The van der Waals surface area contributed by atoms with Gasteiger partial charge in [0.1, 0.15) is 11.6 Å². The highest BCUT2D eigenvalue weighted by molar-refractivity contribution is 5.43. The van der Waals surface area contributed by atoms with Crippen molar-refractivity contribution in [3.63, 3.8) is 0 Å². The molecule has 0 amide bonds. The molecule has 2 aromatic rings. The Balaban J connectivity index is 1.92. The zero-order valence-electron chi connectivity index (χ0n) is 12.1. The maximum atomic E-state index is 14.1. The van der Waals surface area contributed by atoms with E-state index in [1.54, 1.807) is 6.07 Å². The van der Waals surface area contributed by atoms with Crippen LogP contribution in [0.3, 0.4) is 0 Å². The van der Waals surface area contributed by atoms with Gasteiger partial charge in [-0.15, -0.1) is 0 Å². The predicted molar refractivity (Wildman–Crippen MR) is 80.3 cm³/mol. The summed E-state index contributed by atoms with van der Waals surface area (Å²) < 4.78 is 27.3. The largest absolute Gasteiger partial charge is 0.309 e. The van der Waals surface area contributed by atoms with E-state index in [1.807, 2.05) is 12.1 Å². The standard InChI is InChI=1S/C18H19F2N/c1-2-9-21-18(15-8-7-13(19)11-17(15)20)16-10-12-5-3-4-6-14(12)16/h3-8,11,16,18,21H,2,9-10H2,1H3. The highest BCUT2D eigenvalue weighted by Crippen LogP contribution is 2.44. The van der Waals surface area contributed by atoms with Gasteiger partial charge < -0.3 is 5.32 Å². The summed E-state index contributed by atoms with van der Waals surface area (Å²) in [5.41, 5.74) is 3.16. The van der Waals surface area contributed by atoms with Crippen LogP contribution in [0.1, 0.15) is 42.0 Å². The lowest BCUT2D eigenvalue weighted by Crippen LogP contribution is -2.34. The molecule has 0 bridgehead atoms. The first kappa shape index (κ1) is 14.2. The van der Waals surface area contributed by atoms with Crippen LogP contribution in [0.15, 0.2) is 42.5 Å². The second kappa shape index (κ2) is 5.94. The molecule has 1 aliphatic carbocycles. The van der Waals surface area contributed by atoms with E-state index in [2.05, 4.69) is 24.4 Å². The smallest absolute Gasteiger partial charge is 0.130 e. The van der Waals surface area contributed by atoms with Crippen LogP contribution >= 0.6 is 0 Å². The van der Waals surface area contributed by atoms with Crippen molar-refractivity contribution in [3.8, 4) is 0 Å². The Bertz CT molecular complexity index is 639. The topological polar surface area (TPSA) is 12.0 Å². The van der Waals surface area contributed by atoms with Gasteiger partial charge in [0.05, 0.1) is 0 Å². The van der Waals surface area contributed by atoms with Gasteiger partial charge in [-0.1, -0.05) is 37.3 Å². The fraction of sp³-hybridized carbons (Fsp3) is 0.333. The van der Waals surface area contributed by atoms with E-state index in [0.717, 1.165) is 25.5 Å². The summed E-state index contributed by atoms with van der Waals surface area (Å²) >= 11 is 0. The summed E-state index contributed by atoms with van der Waals surface area (Å²) in [6, 6.07) is 12.0. The van der Waals surface area contributed by atoms with Crippen LogP contribution in [0.2, 0.25) is 0 Å². The lowest BCUT2D eigenvalue weighted by atomic mass is 9.71. The Morgan fingerprint density at radius 3 is 2.71 bits per heavy atom. The Morgan fingerprint density at radius 1 is 1.19 bits per heavy atom. The zero-order valence-corrected chi connectivity index (χ0v) is 12.1.